The fourth-order valence-electron chi connectivity index (χ4n) is 2.13. The van der Waals surface area contributed by atoms with Gasteiger partial charge in [0.2, 0.25) is 0 Å². The number of fused-ring (bicyclic) bond motifs is 1. The van der Waals surface area contributed by atoms with E-state index >= 15 is 0 Å². The maximum Gasteiger partial charge on any atom is 0.194 e. The molecule has 1 N–H and O–H groups in total. The van der Waals surface area contributed by atoms with Gasteiger partial charge in [0.1, 0.15) is 11.4 Å². The lowest BCUT2D eigenvalue weighted by atomic mass is 10.1. The van der Waals surface area contributed by atoms with Crippen molar-refractivity contribution in [3.8, 4) is 5.75 Å². The van der Waals surface area contributed by atoms with Crippen LogP contribution in [0.2, 0.25) is 0 Å². The second-order valence-corrected chi connectivity index (χ2v) is 5.48. The third kappa shape index (κ3) is 2.78. The summed E-state index contributed by atoms with van der Waals surface area (Å²) in [5, 5.41) is 6.25. The number of methoxy groups -OCH3 is 1. The van der Waals surface area contributed by atoms with Crippen LogP contribution >= 0.6 is 11.8 Å². The first-order valence-corrected chi connectivity index (χ1v) is 7.37. The van der Waals surface area contributed by atoms with Crippen molar-refractivity contribution in [2.45, 2.75) is 9.92 Å². The van der Waals surface area contributed by atoms with Crippen molar-refractivity contribution in [3.63, 3.8) is 0 Å². The molecule has 0 aliphatic carbocycles. The Kier molecular flexibility index (Phi) is 3.92. The fraction of sp³-hybridized carbons (Fsp3) is 0.125. The highest BCUT2D eigenvalue weighted by Crippen LogP contribution is 2.37. The van der Waals surface area contributed by atoms with Crippen LogP contribution in [0, 0.1) is 0 Å². The van der Waals surface area contributed by atoms with E-state index in [9.17, 15) is 0 Å². The molecule has 0 aliphatic rings. The van der Waals surface area contributed by atoms with Crippen molar-refractivity contribution in [2.75, 3.05) is 19.5 Å². The van der Waals surface area contributed by atoms with Gasteiger partial charge in [-0.05, 0) is 22.9 Å². The van der Waals surface area contributed by atoms with E-state index in [1.54, 1.807) is 18.9 Å². The molecule has 1 aromatic heterocycles. The first-order valence-electron chi connectivity index (χ1n) is 6.55. The van der Waals surface area contributed by atoms with Crippen LogP contribution in [0.3, 0.4) is 0 Å². The van der Waals surface area contributed by atoms with Crippen LogP contribution in [0.4, 0.5) is 5.82 Å². The quantitative estimate of drug-likeness (QED) is 0.742. The monoisotopic (exact) mass is 297 g/mol. The number of anilines is 1. The van der Waals surface area contributed by atoms with E-state index in [1.165, 1.54) is 17.1 Å². The predicted molar refractivity (Wildman–Crippen MR) is 86.2 cm³/mol. The van der Waals surface area contributed by atoms with Gasteiger partial charge in [-0.1, -0.05) is 42.1 Å². The molecule has 106 valence electrons. The van der Waals surface area contributed by atoms with Gasteiger partial charge < -0.3 is 10.1 Å². The molecule has 1 heterocycles. The maximum absolute atomic E-state index is 5.42. The molecule has 5 heteroatoms. The first-order chi connectivity index (χ1) is 10.3. The topological polar surface area (TPSA) is 47.0 Å². The van der Waals surface area contributed by atoms with E-state index in [1.807, 2.05) is 19.2 Å². The van der Waals surface area contributed by atoms with Gasteiger partial charge in [0.05, 0.1) is 7.11 Å². The number of benzene rings is 2. The summed E-state index contributed by atoms with van der Waals surface area (Å²) in [5.74, 6) is 1.36. The van der Waals surface area contributed by atoms with E-state index in [2.05, 4.69) is 45.6 Å². The van der Waals surface area contributed by atoms with Gasteiger partial charge in [0.15, 0.2) is 11.6 Å². The fourth-order valence-corrected chi connectivity index (χ4v) is 3.05. The smallest absolute Gasteiger partial charge is 0.194 e. The van der Waals surface area contributed by atoms with Crippen molar-refractivity contribution >= 4 is 28.4 Å². The summed E-state index contributed by atoms with van der Waals surface area (Å²) in [6.45, 7) is 0. The molecule has 0 atom stereocenters. The third-order valence-corrected chi connectivity index (χ3v) is 4.12. The molecular formula is C16H15N3OS. The Morgan fingerprint density at radius 2 is 1.86 bits per heavy atom. The molecule has 4 nitrogen and oxygen atoms in total. The Morgan fingerprint density at radius 1 is 1.05 bits per heavy atom. The largest absolute Gasteiger partial charge is 0.490 e. The van der Waals surface area contributed by atoms with Crippen LogP contribution in [-0.2, 0) is 0 Å². The minimum absolute atomic E-state index is 0.665. The van der Waals surface area contributed by atoms with Gasteiger partial charge in [-0.2, -0.15) is 0 Å². The predicted octanol–water partition coefficient (Wildman–Crippen LogP) is 3.83. The molecule has 0 radical (unpaired) electrons. The lowest BCUT2D eigenvalue weighted by molar-refractivity contribution is 0.400. The Bertz CT molecular complexity index is 776. The molecule has 0 saturated carbocycles. The van der Waals surface area contributed by atoms with Crippen LogP contribution in [0.15, 0.2) is 58.7 Å². The minimum atomic E-state index is 0.665. The second-order valence-electron chi connectivity index (χ2n) is 4.42. The molecule has 0 fully saturated rings. The summed E-state index contributed by atoms with van der Waals surface area (Å²) in [7, 11) is 3.44. The highest BCUT2D eigenvalue weighted by Gasteiger charge is 2.12. The zero-order valence-corrected chi connectivity index (χ0v) is 12.6. The van der Waals surface area contributed by atoms with Crippen molar-refractivity contribution < 1.29 is 4.74 Å². The summed E-state index contributed by atoms with van der Waals surface area (Å²) in [5.41, 5.74) is 0. The number of aromatic nitrogens is 2. The molecule has 0 spiro atoms. The number of nitrogens with one attached hydrogen (secondary N) is 1. The lowest BCUT2D eigenvalue weighted by Crippen LogP contribution is -1.99. The van der Waals surface area contributed by atoms with E-state index in [4.69, 9.17) is 4.74 Å². The maximum atomic E-state index is 5.42. The number of ether oxygens (including phenoxy) is 1. The minimum Gasteiger partial charge on any atom is -0.490 e. The summed E-state index contributed by atoms with van der Waals surface area (Å²) in [4.78, 5) is 9.60. The first kappa shape index (κ1) is 13.7. The van der Waals surface area contributed by atoms with Gasteiger partial charge in [-0.25, -0.2) is 9.97 Å². The number of hydrogen-bond acceptors (Lipinski definition) is 5. The zero-order valence-electron chi connectivity index (χ0n) is 11.8. The van der Waals surface area contributed by atoms with Gasteiger partial charge in [-0.3, -0.25) is 0 Å². The molecule has 2 aromatic carbocycles. The summed E-state index contributed by atoms with van der Waals surface area (Å²) in [6.07, 6.45) is 1.54. The average Bonchev–Trinajstić information content (AvgIpc) is 2.54. The molecule has 21 heavy (non-hydrogen) atoms. The second kappa shape index (κ2) is 6.01. The summed E-state index contributed by atoms with van der Waals surface area (Å²) >= 11 is 1.57. The molecule has 0 saturated heterocycles. The Balaban J connectivity index is 1.98. The Labute approximate surface area is 127 Å². The average molecular weight is 297 g/mol. The SMILES string of the molecule is CNc1ncnc(Sc2ccc3ccccc3c2)c1OC. The molecule has 3 rings (SSSR count). The number of nitrogens with zero attached hydrogens (tertiary/aromatic N) is 2. The summed E-state index contributed by atoms with van der Waals surface area (Å²) < 4.78 is 5.42. The van der Waals surface area contributed by atoms with Crippen LogP contribution in [0.25, 0.3) is 10.8 Å². The van der Waals surface area contributed by atoms with Crippen LogP contribution < -0.4 is 10.1 Å². The van der Waals surface area contributed by atoms with Gasteiger partial charge in [-0.15, -0.1) is 0 Å². The third-order valence-electron chi connectivity index (χ3n) is 3.15. The van der Waals surface area contributed by atoms with Crippen LogP contribution in [0.1, 0.15) is 0 Å². The molecular weight excluding hydrogens is 282 g/mol. The lowest BCUT2D eigenvalue weighted by Gasteiger charge is -2.10. The highest BCUT2D eigenvalue weighted by molar-refractivity contribution is 7.99. The van der Waals surface area contributed by atoms with Gasteiger partial charge in [0, 0.05) is 11.9 Å². The molecule has 0 aliphatic heterocycles. The standard InChI is InChI=1S/C16H15N3OS/c1-17-15-14(20-2)16(19-10-18-15)21-13-8-7-11-5-3-4-6-12(11)9-13/h3-10H,1-2H3,(H,17,18,19). The molecule has 0 bridgehead atoms. The number of rotatable bonds is 4. The summed E-state index contributed by atoms with van der Waals surface area (Å²) in [6, 6.07) is 14.7. The van der Waals surface area contributed by atoms with Crippen LogP contribution in [-0.4, -0.2) is 24.1 Å². The normalized spacial score (nSPS) is 10.6. The van der Waals surface area contributed by atoms with E-state index in [0.29, 0.717) is 11.6 Å². The van der Waals surface area contributed by atoms with Crippen LogP contribution in [0.5, 0.6) is 5.75 Å². The molecule has 3 aromatic rings. The van der Waals surface area contributed by atoms with Crippen molar-refractivity contribution in [2.24, 2.45) is 0 Å². The highest BCUT2D eigenvalue weighted by atomic mass is 32.2. The zero-order chi connectivity index (χ0) is 14.7. The van der Waals surface area contributed by atoms with Gasteiger partial charge >= 0.3 is 0 Å². The number of hydrogen-bond donors (Lipinski definition) is 1. The van der Waals surface area contributed by atoms with Crippen molar-refractivity contribution in [3.05, 3.63) is 48.8 Å². The molecule has 0 amide bonds. The van der Waals surface area contributed by atoms with E-state index in [-0.39, 0.29) is 0 Å². The Morgan fingerprint density at radius 3 is 2.62 bits per heavy atom. The van der Waals surface area contributed by atoms with E-state index < -0.39 is 0 Å². The van der Waals surface area contributed by atoms with Crippen molar-refractivity contribution in [1.82, 2.24) is 9.97 Å². The van der Waals surface area contributed by atoms with Crippen molar-refractivity contribution in [1.29, 1.82) is 0 Å². The van der Waals surface area contributed by atoms with E-state index in [0.717, 1.165) is 9.92 Å². The Hall–Kier alpha value is -2.27. The van der Waals surface area contributed by atoms with Gasteiger partial charge in [0.25, 0.3) is 0 Å². The molecule has 0 unspecified atom stereocenters.